The second kappa shape index (κ2) is 6.87. The molecule has 3 aromatic rings. The second-order valence-electron chi connectivity index (χ2n) is 5.91. The van der Waals surface area contributed by atoms with E-state index in [1.165, 1.54) is 24.9 Å². The number of aryl methyl sites for hydroxylation is 1. The van der Waals surface area contributed by atoms with Gasteiger partial charge in [0.25, 0.3) is 0 Å². The zero-order valence-corrected chi connectivity index (χ0v) is 15.5. The maximum absolute atomic E-state index is 13.6. The number of nitrogens with two attached hydrogens (primary N) is 1. The van der Waals surface area contributed by atoms with Crippen LogP contribution in [-0.2, 0) is 19.4 Å². The van der Waals surface area contributed by atoms with Crippen LogP contribution in [0.15, 0.2) is 24.3 Å². The van der Waals surface area contributed by atoms with Crippen LogP contribution in [0.1, 0.15) is 11.3 Å². The summed E-state index contributed by atoms with van der Waals surface area (Å²) in [5.74, 6) is -0.475. The summed E-state index contributed by atoms with van der Waals surface area (Å²) in [4.78, 5) is 0. The van der Waals surface area contributed by atoms with Gasteiger partial charge in [-0.25, -0.2) is 4.68 Å². The Labute approximate surface area is 164 Å². The number of nitrogens with zero attached hydrogens (tertiary/aromatic N) is 4. The summed E-state index contributed by atoms with van der Waals surface area (Å²) in [6.07, 6.45) is -9.83. The molecule has 29 heavy (non-hydrogen) atoms. The SMILES string of the molecule is COc1cc(-n2nc(C(F)(F)F)c(-c3cc(Cl)cc(C(F)(F)F)c3)c2N)nn1C. The smallest absolute Gasteiger partial charge is 0.435 e. The largest absolute Gasteiger partial charge is 0.481 e. The van der Waals surface area contributed by atoms with Gasteiger partial charge in [-0.15, -0.1) is 5.10 Å². The average Bonchev–Trinajstić information content (AvgIpc) is 3.13. The number of methoxy groups -OCH3 is 1. The minimum atomic E-state index is -5.01. The van der Waals surface area contributed by atoms with Crippen molar-refractivity contribution < 1.29 is 31.1 Å². The lowest BCUT2D eigenvalue weighted by Gasteiger charge is -2.11. The van der Waals surface area contributed by atoms with Gasteiger partial charge in [-0.1, -0.05) is 11.6 Å². The average molecular weight is 440 g/mol. The van der Waals surface area contributed by atoms with Gasteiger partial charge in [-0.05, 0) is 23.8 Å². The monoisotopic (exact) mass is 439 g/mol. The first-order valence-electron chi connectivity index (χ1n) is 7.75. The third-order valence-corrected chi connectivity index (χ3v) is 4.17. The van der Waals surface area contributed by atoms with Gasteiger partial charge in [0, 0.05) is 18.1 Å². The van der Waals surface area contributed by atoms with Crippen molar-refractivity contribution in [3.05, 3.63) is 40.5 Å². The molecule has 13 heteroatoms. The minimum absolute atomic E-state index is 0.114. The van der Waals surface area contributed by atoms with E-state index in [1.807, 2.05) is 0 Å². The van der Waals surface area contributed by atoms with Gasteiger partial charge >= 0.3 is 12.4 Å². The summed E-state index contributed by atoms with van der Waals surface area (Å²) in [6, 6.07) is 3.34. The van der Waals surface area contributed by atoms with Gasteiger partial charge in [-0.2, -0.15) is 36.1 Å². The van der Waals surface area contributed by atoms with Crippen molar-refractivity contribution in [3.8, 4) is 22.8 Å². The third kappa shape index (κ3) is 3.84. The number of hydrogen-bond donors (Lipinski definition) is 1. The van der Waals surface area contributed by atoms with Crippen LogP contribution in [0.4, 0.5) is 32.2 Å². The van der Waals surface area contributed by atoms with E-state index in [0.717, 1.165) is 6.07 Å². The predicted molar refractivity (Wildman–Crippen MR) is 91.7 cm³/mol. The molecule has 156 valence electrons. The van der Waals surface area contributed by atoms with Gasteiger partial charge < -0.3 is 10.5 Å². The molecule has 0 saturated heterocycles. The molecule has 2 aromatic heterocycles. The molecule has 0 unspecified atom stereocenters. The van der Waals surface area contributed by atoms with Crippen molar-refractivity contribution >= 4 is 17.4 Å². The minimum Gasteiger partial charge on any atom is -0.481 e. The predicted octanol–water partition coefficient (Wildman–Crippen LogP) is 4.55. The highest BCUT2D eigenvalue weighted by molar-refractivity contribution is 6.31. The molecule has 2 N–H and O–H groups in total. The number of benzene rings is 1. The number of hydrogen-bond acceptors (Lipinski definition) is 4. The van der Waals surface area contributed by atoms with Crippen molar-refractivity contribution in [2.75, 3.05) is 12.8 Å². The zero-order valence-electron chi connectivity index (χ0n) is 14.7. The number of alkyl halides is 6. The third-order valence-electron chi connectivity index (χ3n) is 3.95. The zero-order chi connectivity index (χ0) is 21.7. The summed E-state index contributed by atoms with van der Waals surface area (Å²) in [7, 11) is 2.80. The van der Waals surface area contributed by atoms with Gasteiger partial charge in [0.1, 0.15) is 5.82 Å². The van der Waals surface area contributed by atoms with Crippen LogP contribution < -0.4 is 10.5 Å². The number of ether oxygens (including phenoxy) is 1. The molecular weight excluding hydrogens is 428 g/mol. The normalized spacial score (nSPS) is 12.4. The number of halogens is 7. The molecule has 0 aliphatic carbocycles. The first-order chi connectivity index (χ1) is 13.3. The highest BCUT2D eigenvalue weighted by atomic mass is 35.5. The Morgan fingerprint density at radius 2 is 1.66 bits per heavy atom. The lowest BCUT2D eigenvalue weighted by Crippen LogP contribution is -2.09. The van der Waals surface area contributed by atoms with Gasteiger partial charge in [0.15, 0.2) is 11.5 Å². The molecular formula is C16H12ClF6N5O. The van der Waals surface area contributed by atoms with E-state index >= 15 is 0 Å². The molecule has 0 bridgehead atoms. The van der Waals surface area contributed by atoms with Crippen LogP contribution >= 0.6 is 11.6 Å². The van der Waals surface area contributed by atoms with Crippen LogP contribution in [0.2, 0.25) is 5.02 Å². The quantitative estimate of drug-likeness (QED) is 0.608. The van der Waals surface area contributed by atoms with Crippen molar-refractivity contribution in [2.45, 2.75) is 12.4 Å². The fourth-order valence-electron chi connectivity index (χ4n) is 2.72. The molecule has 0 radical (unpaired) electrons. The first kappa shape index (κ1) is 20.8. The fraction of sp³-hybridized carbons (Fsp3) is 0.250. The number of aromatic nitrogens is 4. The van der Waals surface area contributed by atoms with Crippen molar-refractivity contribution in [1.29, 1.82) is 0 Å². The molecule has 2 heterocycles. The summed E-state index contributed by atoms with van der Waals surface area (Å²) >= 11 is 5.71. The van der Waals surface area contributed by atoms with E-state index in [-0.39, 0.29) is 11.7 Å². The van der Waals surface area contributed by atoms with E-state index in [1.54, 1.807) is 0 Å². The van der Waals surface area contributed by atoms with Crippen LogP contribution in [0, 0.1) is 0 Å². The van der Waals surface area contributed by atoms with Gasteiger partial charge in [-0.3, -0.25) is 0 Å². The molecule has 0 aliphatic heterocycles. The molecule has 6 nitrogen and oxygen atoms in total. The van der Waals surface area contributed by atoms with Crippen molar-refractivity contribution in [1.82, 2.24) is 19.6 Å². The van der Waals surface area contributed by atoms with Crippen molar-refractivity contribution in [3.63, 3.8) is 0 Å². The highest BCUT2D eigenvalue weighted by Gasteiger charge is 2.41. The standard InChI is InChI=1S/C16H12ClF6N5O/c1-27-11(29-2)6-10(25-27)28-14(24)12(13(26-28)16(21,22)23)7-3-8(15(18,19)20)5-9(17)4-7/h3-6H,24H2,1-2H3. The fourth-order valence-corrected chi connectivity index (χ4v) is 2.95. The van der Waals surface area contributed by atoms with Crippen LogP contribution in [0.5, 0.6) is 5.88 Å². The molecule has 0 fully saturated rings. The van der Waals surface area contributed by atoms with Gasteiger partial charge in [0.2, 0.25) is 5.88 Å². The molecule has 0 spiro atoms. The molecule has 0 atom stereocenters. The lowest BCUT2D eigenvalue weighted by molar-refractivity contribution is -0.140. The van der Waals surface area contributed by atoms with Crippen LogP contribution in [-0.4, -0.2) is 26.7 Å². The van der Waals surface area contributed by atoms with E-state index in [0.29, 0.717) is 16.8 Å². The Hall–Kier alpha value is -2.89. The molecule has 0 amide bonds. The number of nitrogen functional groups attached to an aromatic ring is 1. The Kier molecular flexibility index (Phi) is 4.93. The van der Waals surface area contributed by atoms with Crippen LogP contribution in [0.3, 0.4) is 0 Å². The van der Waals surface area contributed by atoms with E-state index in [9.17, 15) is 26.3 Å². The second-order valence-corrected chi connectivity index (χ2v) is 6.35. The van der Waals surface area contributed by atoms with E-state index in [4.69, 9.17) is 22.1 Å². The highest BCUT2D eigenvalue weighted by Crippen LogP contribution is 2.43. The molecule has 3 rings (SSSR count). The van der Waals surface area contributed by atoms with Crippen LogP contribution in [0.25, 0.3) is 16.9 Å². The summed E-state index contributed by atoms with van der Waals surface area (Å²) in [6.45, 7) is 0. The topological polar surface area (TPSA) is 70.9 Å². The number of anilines is 1. The molecule has 0 aliphatic rings. The Bertz CT molecular complexity index is 1070. The Balaban J connectivity index is 2.29. The molecule has 0 saturated carbocycles. The lowest BCUT2D eigenvalue weighted by atomic mass is 10.0. The maximum atomic E-state index is 13.6. The summed E-state index contributed by atoms with van der Waals surface area (Å²) < 4.78 is 87.0. The Morgan fingerprint density at radius 3 is 2.17 bits per heavy atom. The van der Waals surface area contributed by atoms with E-state index in [2.05, 4.69) is 10.2 Å². The Morgan fingerprint density at radius 1 is 1.00 bits per heavy atom. The maximum Gasteiger partial charge on any atom is 0.435 e. The molecule has 1 aromatic carbocycles. The van der Waals surface area contributed by atoms with Crippen molar-refractivity contribution in [2.24, 2.45) is 7.05 Å². The number of rotatable bonds is 3. The van der Waals surface area contributed by atoms with Gasteiger partial charge in [0.05, 0.1) is 18.2 Å². The first-order valence-corrected chi connectivity index (χ1v) is 8.13. The summed E-state index contributed by atoms with van der Waals surface area (Å²) in [5.41, 5.74) is 1.94. The summed E-state index contributed by atoms with van der Waals surface area (Å²) in [5, 5.41) is 7.00. The van der Waals surface area contributed by atoms with E-state index < -0.39 is 45.6 Å².